The summed E-state index contributed by atoms with van der Waals surface area (Å²) in [4.78, 5) is 43.9. The Hall–Kier alpha value is -2.48. The van der Waals surface area contributed by atoms with E-state index in [1.165, 1.54) is 0 Å². The molecule has 3 heterocycles. The summed E-state index contributed by atoms with van der Waals surface area (Å²) < 4.78 is 0. The van der Waals surface area contributed by atoms with Gasteiger partial charge in [0.2, 0.25) is 5.91 Å². The summed E-state index contributed by atoms with van der Waals surface area (Å²) in [5.74, 6) is -0.676. The summed E-state index contributed by atoms with van der Waals surface area (Å²) in [7, 11) is 0. The molecule has 1 aromatic rings. The zero-order valence-electron chi connectivity index (χ0n) is 12.9. The monoisotopic (exact) mass is 317 g/mol. The fraction of sp³-hybridized carbons (Fsp3) is 0.467. The molecule has 8 nitrogen and oxygen atoms in total. The lowest BCUT2D eigenvalue weighted by Gasteiger charge is -2.28. The minimum atomic E-state index is -1.23. The molecule has 1 aromatic heterocycles. The standard InChI is InChI=1S/C15H19N5O3/c1-15(11-4-2-3-5-17-11)13(22)20(14(23)18-15)10-12(21)19-8-6-16-7-9-19/h2-5,16H,6-10H2,1H3,(H,18,23). The van der Waals surface area contributed by atoms with Crippen molar-refractivity contribution >= 4 is 17.8 Å². The number of pyridine rings is 1. The Labute approximate surface area is 133 Å². The summed E-state index contributed by atoms with van der Waals surface area (Å²) in [5, 5.41) is 5.80. The second-order valence-electron chi connectivity index (χ2n) is 5.79. The summed E-state index contributed by atoms with van der Waals surface area (Å²) in [6, 6.07) is 4.60. The number of amides is 4. The first-order chi connectivity index (χ1) is 11.0. The van der Waals surface area contributed by atoms with E-state index in [0.29, 0.717) is 18.8 Å². The molecule has 2 saturated heterocycles. The van der Waals surface area contributed by atoms with E-state index in [4.69, 9.17) is 0 Å². The minimum Gasteiger partial charge on any atom is -0.339 e. The summed E-state index contributed by atoms with van der Waals surface area (Å²) in [6.45, 7) is 3.97. The molecule has 2 aliphatic heterocycles. The van der Waals surface area contributed by atoms with Crippen molar-refractivity contribution in [1.82, 2.24) is 25.4 Å². The van der Waals surface area contributed by atoms with Gasteiger partial charge in [0.1, 0.15) is 6.54 Å². The van der Waals surface area contributed by atoms with E-state index in [1.807, 2.05) is 0 Å². The fourth-order valence-electron chi connectivity index (χ4n) is 2.82. The van der Waals surface area contributed by atoms with Crippen molar-refractivity contribution in [2.75, 3.05) is 32.7 Å². The summed E-state index contributed by atoms with van der Waals surface area (Å²) >= 11 is 0. The molecule has 0 aliphatic carbocycles. The predicted octanol–water partition coefficient (Wildman–Crippen LogP) is -0.720. The molecule has 23 heavy (non-hydrogen) atoms. The highest BCUT2D eigenvalue weighted by molar-refractivity contribution is 6.08. The van der Waals surface area contributed by atoms with Crippen LogP contribution in [0.3, 0.4) is 0 Å². The van der Waals surface area contributed by atoms with Gasteiger partial charge in [-0.1, -0.05) is 6.07 Å². The van der Waals surface area contributed by atoms with E-state index < -0.39 is 17.5 Å². The van der Waals surface area contributed by atoms with E-state index in [2.05, 4.69) is 15.6 Å². The quantitative estimate of drug-likeness (QED) is 0.718. The SMILES string of the molecule is CC1(c2ccccn2)NC(=O)N(CC(=O)N2CCNCC2)C1=O. The number of hydrogen-bond donors (Lipinski definition) is 2. The first kappa shape index (κ1) is 15.4. The van der Waals surface area contributed by atoms with Gasteiger partial charge in [-0.3, -0.25) is 19.5 Å². The van der Waals surface area contributed by atoms with Crippen molar-refractivity contribution < 1.29 is 14.4 Å². The number of urea groups is 1. The maximum Gasteiger partial charge on any atom is 0.325 e. The molecule has 0 aromatic carbocycles. The molecular formula is C15H19N5O3. The fourth-order valence-corrected chi connectivity index (χ4v) is 2.82. The van der Waals surface area contributed by atoms with Gasteiger partial charge in [-0.15, -0.1) is 0 Å². The number of hydrogen-bond acceptors (Lipinski definition) is 5. The number of piperazine rings is 1. The number of carbonyl (C=O) groups is 3. The molecule has 2 fully saturated rings. The molecule has 1 unspecified atom stereocenters. The van der Waals surface area contributed by atoms with Crippen LogP contribution in [0.1, 0.15) is 12.6 Å². The Bertz CT molecular complexity index is 629. The van der Waals surface area contributed by atoms with E-state index >= 15 is 0 Å². The van der Waals surface area contributed by atoms with Crippen molar-refractivity contribution in [1.29, 1.82) is 0 Å². The summed E-state index contributed by atoms with van der Waals surface area (Å²) in [5.41, 5.74) is -0.780. The lowest BCUT2D eigenvalue weighted by molar-refractivity contribution is -0.139. The van der Waals surface area contributed by atoms with Gasteiger partial charge in [-0.25, -0.2) is 4.79 Å². The number of rotatable bonds is 3. The van der Waals surface area contributed by atoms with Crippen LogP contribution in [0.2, 0.25) is 0 Å². The minimum absolute atomic E-state index is 0.222. The van der Waals surface area contributed by atoms with Crippen LogP contribution < -0.4 is 10.6 Å². The highest BCUT2D eigenvalue weighted by atomic mass is 16.2. The van der Waals surface area contributed by atoms with Crippen molar-refractivity contribution in [2.45, 2.75) is 12.5 Å². The van der Waals surface area contributed by atoms with Gasteiger partial charge in [-0.05, 0) is 19.1 Å². The highest BCUT2D eigenvalue weighted by Gasteiger charge is 2.50. The average Bonchev–Trinajstić information content (AvgIpc) is 2.81. The zero-order chi connectivity index (χ0) is 16.4. The second-order valence-corrected chi connectivity index (χ2v) is 5.79. The number of aromatic nitrogens is 1. The Morgan fingerprint density at radius 1 is 1.30 bits per heavy atom. The average molecular weight is 317 g/mol. The first-order valence-corrected chi connectivity index (χ1v) is 7.56. The topological polar surface area (TPSA) is 94.6 Å². The maximum atomic E-state index is 12.7. The third kappa shape index (κ3) is 2.77. The molecule has 2 aliphatic rings. The third-order valence-corrected chi connectivity index (χ3v) is 4.22. The number of nitrogens with one attached hydrogen (secondary N) is 2. The number of carbonyl (C=O) groups excluding carboxylic acids is 3. The van der Waals surface area contributed by atoms with Crippen LogP contribution in [0.4, 0.5) is 4.79 Å². The highest BCUT2D eigenvalue weighted by Crippen LogP contribution is 2.27. The van der Waals surface area contributed by atoms with Crippen molar-refractivity contribution in [3.05, 3.63) is 30.1 Å². The van der Waals surface area contributed by atoms with Crippen LogP contribution >= 0.6 is 0 Å². The normalized spacial score (nSPS) is 24.7. The summed E-state index contributed by atoms with van der Waals surface area (Å²) in [6.07, 6.45) is 1.56. The second kappa shape index (κ2) is 5.96. The number of imide groups is 1. The smallest absolute Gasteiger partial charge is 0.325 e. The van der Waals surface area contributed by atoms with Crippen molar-refractivity contribution in [3.8, 4) is 0 Å². The maximum absolute atomic E-state index is 12.7. The molecule has 2 N–H and O–H groups in total. The van der Waals surface area contributed by atoms with Crippen LogP contribution in [0, 0.1) is 0 Å². The van der Waals surface area contributed by atoms with Gasteiger partial charge in [0.05, 0.1) is 5.69 Å². The van der Waals surface area contributed by atoms with Gasteiger partial charge in [0, 0.05) is 32.4 Å². The van der Waals surface area contributed by atoms with Crippen LogP contribution in [0.25, 0.3) is 0 Å². The molecule has 0 bridgehead atoms. The Morgan fingerprint density at radius 2 is 2.04 bits per heavy atom. The molecule has 0 radical (unpaired) electrons. The lowest BCUT2D eigenvalue weighted by Crippen LogP contribution is -2.50. The number of nitrogens with zero attached hydrogens (tertiary/aromatic N) is 3. The van der Waals surface area contributed by atoms with Crippen molar-refractivity contribution in [2.24, 2.45) is 0 Å². The molecule has 0 saturated carbocycles. The zero-order valence-corrected chi connectivity index (χ0v) is 12.9. The van der Waals surface area contributed by atoms with E-state index in [0.717, 1.165) is 18.0 Å². The van der Waals surface area contributed by atoms with Gasteiger partial charge in [-0.2, -0.15) is 0 Å². The van der Waals surface area contributed by atoms with E-state index in [-0.39, 0.29) is 12.5 Å². The van der Waals surface area contributed by atoms with Gasteiger partial charge >= 0.3 is 6.03 Å². The van der Waals surface area contributed by atoms with Crippen LogP contribution in [-0.2, 0) is 15.1 Å². The molecule has 4 amide bonds. The molecule has 122 valence electrons. The van der Waals surface area contributed by atoms with Crippen LogP contribution in [0.15, 0.2) is 24.4 Å². The molecular weight excluding hydrogens is 298 g/mol. The van der Waals surface area contributed by atoms with Crippen LogP contribution in [-0.4, -0.2) is 65.4 Å². The Morgan fingerprint density at radius 3 is 2.70 bits per heavy atom. The molecule has 0 spiro atoms. The van der Waals surface area contributed by atoms with E-state index in [9.17, 15) is 14.4 Å². The Balaban J connectivity index is 1.75. The van der Waals surface area contributed by atoms with Gasteiger partial charge < -0.3 is 15.5 Å². The third-order valence-electron chi connectivity index (χ3n) is 4.22. The molecule has 1 atom stereocenters. The molecule has 8 heteroatoms. The van der Waals surface area contributed by atoms with Gasteiger partial charge in [0.25, 0.3) is 5.91 Å². The van der Waals surface area contributed by atoms with Crippen molar-refractivity contribution in [3.63, 3.8) is 0 Å². The largest absolute Gasteiger partial charge is 0.339 e. The Kier molecular flexibility index (Phi) is 3.99. The molecule has 3 rings (SSSR count). The predicted molar refractivity (Wildman–Crippen MR) is 81.3 cm³/mol. The van der Waals surface area contributed by atoms with Crippen LogP contribution in [0.5, 0.6) is 0 Å². The lowest BCUT2D eigenvalue weighted by atomic mass is 9.97. The first-order valence-electron chi connectivity index (χ1n) is 7.56. The van der Waals surface area contributed by atoms with Gasteiger partial charge in [0.15, 0.2) is 5.54 Å². The van der Waals surface area contributed by atoms with E-state index in [1.54, 1.807) is 36.2 Å².